The van der Waals surface area contributed by atoms with E-state index in [0.717, 1.165) is 10.9 Å². The van der Waals surface area contributed by atoms with E-state index in [1.807, 2.05) is 24.3 Å². The molecule has 15 heteroatoms. The smallest absolute Gasteiger partial charge is 0.326 e. The molecule has 12 N–H and O–H groups in total. The monoisotopic (exact) mass is 588 g/mol. The first kappa shape index (κ1) is 33.5. The van der Waals surface area contributed by atoms with Gasteiger partial charge < -0.3 is 48.3 Å². The molecule has 0 saturated carbocycles. The predicted molar refractivity (Wildman–Crippen MR) is 155 cm³/mol. The van der Waals surface area contributed by atoms with Gasteiger partial charge in [0, 0.05) is 36.5 Å². The molecule has 4 unspecified atom stereocenters. The number of nitrogens with zero attached hydrogens (tertiary/aromatic N) is 1. The maximum Gasteiger partial charge on any atom is 0.326 e. The molecule has 230 valence electrons. The van der Waals surface area contributed by atoms with Gasteiger partial charge in [0.15, 0.2) is 5.96 Å². The van der Waals surface area contributed by atoms with Gasteiger partial charge >= 0.3 is 11.9 Å². The number of hydrogen-bond donors (Lipinski definition) is 9. The molecule has 0 radical (unpaired) electrons. The summed E-state index contributed by atoms with van der Waals surface area (Å²) in [5, 5.41) is 27.3. The number of nitrogens with one attached hydrogen (secondary N) is 4. The number of aromatic amines is 1. The zero-order valence-electron chi connectivity index (χ0n) is 23.6. The number of benzene rings is 1. The van der Waals surface area contributed by atoms with Crippen LogP contribution in [-0.2, 0) is 30.4 Å². The molecule has 42 heavy (non-hydrogen) atoms. The van der Waals surface area contributed by atoms with Gasteiger partial charge in [-0.25, -0.2) is 4.79 Å². The Balaban J connectivity index is 2.11. The molecule has 1 heterocycles. The lowest BCUT2D eigenvalue weighted by atomic mass is 10.00. The Hall–Kier alpha value is -4.66. The molecule has 0 aliphatic rings. The maximum atomic E-state index is 13.2. The molecule has 4 atom stereocenters. The summed E-state index contributed by atoms with van der Waals surface area (Å²) in [6.07, 6.45) is 1.54. The number of carboxylic acids is 2. The van der Waals surface area contributed by atoms with Crippen molar-refractivity contribution in [2.75, 3.05) is 6.54 Å². The summed E-state index contributed by atoms with van der Waals surface area (Å²) < 4.78 is 0. The van der Waals surface area contributed by atoms with Crippen molar-refractivity contribution in [1.29, 1.82) is 0 Å². The van der Waals surface area contributed by atoms with E-state index < -0.39 is 66.2 Å². The van der Waals surface area contributed by atoms with Gasteiger partial charge in [-0.2, -0.15) is 0 Å². The highest BCUT2D eigenvalue weighted by molar-refractivity contribution is 5.94. The molecule has 1 aromatic heterocycles. The average molecular weight is 589 g/mol. The predicted octanol–water partition coefficient (Wildman–Crippen LogP) is -0.849. The number of H-pyrrole nitrogens is 1. The number of hydrogen-bond acceptors (Lipinski definition) is 7. The number of amides is 3. The number of rotatable bonds is 17. The van der Waals surface area contributed by atoms with Crippen molar-refractivity contribution < 1.29 is 34.2 Å². The molecular formula is C27H40N8O7. The second-order valence-corrected chi connectivity index (χ2v) is 10.2. The Morgan fingerprint density at radius 3 is 2.21 bits per heavy atom. The molecule has 15 nitrogen and oxygen atoms in total. The van der Waals surface area contributed by atoms with Gasteiger partial charge in [-0.3, -0.25) is 24.2 Å². The second kappa shape index (κ2) is 16.0. The number of aromatic nitrogens is 1. The summed E-state index contributed by atoms with van der Waals surface area (Å²) in [6, 6.07) is 2.52. The number of aliphatic carboxylic acids is 2. The van der Waals surface area contributed by atoms with Crippen LogP contribution in [0.3, 0.4) is 0 Å². The van der Waals surface area contributed by atoms with Crippen LogP contribution >= 0.6 is 0 Å². The van der Waals surface area contributed by atoms with Crippen LogP contribution < -0.4 is 33.2 Å². The molecule has 3 amide bonds. The van der Waals surface area contributed by atoms with Gasteiger partial charge in [-0.05, 0) is 36.8 Å². The van der Waals surface area contributed by atoms with Crippen LogP contribution in [-0.4, -0.2) is 81.5 Å². The van der Waals surface area contributed by atoms with Crippen LogP contribution in [0.5, 0.6) is 0 Å². The van der Waals surface area contributed by atoms with Crippen molar-refractivity contribution in [3.63, 3.8) is 0 Å². The van der Waals surface area contributed by atoms with Gasteiger partial charge in [0.05, 0.1) is 6.04 Å². The minimum atomic E-state index is -1.31. The fourth-order valence-electron chi connectivity index (χ4n) is 4.24. The maximum absolute atomic E-state index is 13.2. The third-order valence-electron chi connectivity index (χ3n) is 6.54. The Morgan fingerprint density at radius 1 is 0.929 bits per heavy atom. The molecule has 0 bridgehead atoms. The highest BCUT2D eigenvalue weighted by Crippen LogP contribution is 2.19. The summed E-state index contributed by atoms with van der Waals surface area (Å²) in [4.78, 5) is 69.1. The highest BCUT2D eigenvalue weighted by Gasteiger charge is 2.32. The fraction of sp³-hybridized carbons (Fsp3) is 0.481. The zero-order valence-corrected chi connectivity index (χ0v) is 23.6. The second-order valence-electron chi connectivity index (χ2n) is 10.2. The standard InChI is InChI=1S/C27H40N8O7/c1-14(2)22(25(40)34-20(26(41)42)12-15-13-32-18-8-4-3-6-16(15)18)35-24(39)19(9-10-21(36)37)33-23(38)17(28)7-5-11-31-27(29)30/h3-4,6,8,13-14,17,19-20,22,32H,5,7,9-12,28H2,1-2H3,(H,33,38)(H,34,40)(H,35,39)(H,36,37)(H,41,42)(H4,29,30,31). The number of carboxylic acid groups (broad SMARTS) is 2. The topological polar surface area (TPSA) is 268 Å². The lowest BCUT2D eigenvalue weighted by Crippen LogP contribution is -2.58. The number of carbonyl (C=O) groups is 5. The van der Waals surface area contributed by atoms with Crippen molar-refractivity contribution in [2.24, 2.45) is 28.1 Å². The number of aliphatic imine (C=N–C) groups is 1. The number of carbonyl (C=O) groups excluding carboxylic acids is 3. The number of nitrogens with two attached hydrogens (primary N) is 3. The first-order valence-electron chi connectivity index (χ1n) is 13.5. The van der Waals surface area contributed by atoms with Gasteiger partial charge in [0.1, 0.15) is 18.1 Å². The van der Waals surface area contributed by atoms with E-state index in [9.17, 15) is 29.1 Å². The molecule has 2 aromatic rings. The third-order valence-corrected chi connectivity index (χ3v) is 6.54. The quantitative estimate of drug-likeness (QED) is 0.0627. The first-order chi connectivity index (χ1) is 19.8. The Bertz CT molecular complexity index is 1290. The van der Waals surface area contributed by atoms with Gasteiger partial charge in [0.2, 0.25) is 17.7 Å². The SMILES string of the molecule is CC(C)C(NC(=O)C(CCC(=O)O)NC(=O)C(N)CCCN=C(N)N)C(=O)NC(Cc1c[nH]c2ccccc12)C(=O)O. The van der Waals surface area contributed by atoms with Crippen molar-refractivity contribution in [1.82, 2.24) is 20.9 Å². The summed E-state index contributed by atoms with van der Waals surface area (Å²) in [6.45, 7) is 3.55. The van der Waals surface area contributed by atoms with Crippen molar-refractivity contribution >= 4 is 46.5 Å². The number of fused-ring (bicyclic) bond motifs is 1. The van der Waals surface area contributed by atoms with E-state index in [0.29, 0.717) is 12.0 Å². The molecule has 0 aliphatic carbocycles. The normalized spacial score (nSPS) is 13.9. The van der Waals surface area contributed by atoms with Gasteiger partial charge in [-0.1, -0.05) is 32.0 Å². The third kappa shape index (κ3) is 10.4. The zero-order chi connectivity index (χ0) is 31.4. The van der Waals surface area contributed by atoms with Crippen LogP contribution in [0.25, 0.3) is 10.9 Å². The Labute approximate surface area is 242 Å². The van der Waals surface area contributed by atoms with Crippen LogP contribution in [0, 0.1) is 5.92 Å². The Kier molecular flexibility index (Phi) is 12.7. The van der Waals surface area contributed by atoms with E-state index >= 15 is 0 Å². The minimum Gasteiger partial charge on any atom is -0.481 e. The van der Waals surface area contributed by atoms with Crippen molar-refractivity contribution in [2.45, 2.75) is 70.1 Å². The molecular weight excluding hydrogens is 548 g/mol. The van der Waals surface area contributed by atoms with Crippen LogP contribution in [0.2, 0.25) is 0 Å². The van der Waals surface area contributed by atoms with E-state index in [4.69, 9.17) is 22.3 Å². The Morgan fingerprint density at radius 2 is 1.60 bits per heavy atom. The molecule has 2 rings (SSSR count). The van der Waals surface area contributed by atoms with E-state index in [1.54, 1.807) is 20.0 Å². The largest absolute Gasteiger partial charge is 0.481 e. The molecule has 1 aromatic carbocycles. The van der Waals surface area contributed by atoms with E-state index in [-0.39, 0.29) is 31.8 Å². The van der Waals surface area contributed by atoms with E-state index in [2.05, 4.69) is 25.9 Å². The summed E-state index contributed by atoms with van der Waals surface area (Å²) in [5.74, 6) is -5.29. The van der Waals surface area contributed by atoms with E-state index in [1.165, 1.54) is 0 Å². The fourth-order valence-corrected chi connectivity index (χ4v) is 4.24. The number of guanidine groups is 1. The molecule has 0 spiro atoms. The van der Waals surface area contributed by atoms with Gasteiger partial charge in [0.25, 0.3) is 0 Å². The lowest BCUT2D eigenvalue weighted by Gasteiger charge is -2.27. The molecule has 0 fully saturated rings. The highest BCUT2D eigenvalue weighted by atomic mass is 16.4. The molecule has 0 aliphatic heterocycles. The van der Waals surface area contributed by atoms with Crippen LogP contribution in [0.4, 0.5) is 0 Å². The van der Waals surface area contributed by atoms with Crippen molar-refractivity contribution in [3.8, 4) is 0 Å². The first-order valence-corrected chi connectivity index (χ1v) is 13.5. The van der Waals surface area contributed by atoms with Gasteiger partial charge in [-0.15, -0.1) is 0 Å². The summed E-state index contributed by atoms with van der Waals surface area (Å²) in [5.41, 5.74) is 18.0. The van der Waals surface area contributed by atoms with Crippen LogP contribution in [0.1, 0.15) is 45.1 Å². The minimum absolute atomic E-state index is 0.0117. The summed E-state index contributed by atoms with van der Waals surface area (Å²) >= 11 is 0. The molecule has 0 saturated heterocycles. The van der Waals surface area contributed by atoms with Crippen LogP contribution in [0.15, 0.2) is 35.5 Å². The average Bonchev–Trinajstić information content (AvgIpc) is 3.33. The van der Waals surface area contributed by atoms with Crippen molar-refractivity contribution in [3.05, 3.63) is 36.0 Å². The number of para-hydroxylation sites is 1. The lowest BCUT2D eigenvalue weighted by molar-refractivity contribution is -0.142. The summed E-state index contributed by atoms with van der Waals surface area (Å²) in [7, 11) is 0.